The van der Waals surface area contributed by atoms with Gasteiger partial charge < -0.3 is 10.5 Å². The number of para-hydroxylation sites is 1. The molecule has 0 fully saturated rings. The van der Waals surface area contributed by atoms with E-state index in [1.54, 1.807) is 0 Å². The summed E-state index contributed by atoms with van der Waals surface area (Å²) in [5.41, 5.74) is 8.96. The van der Waals surface area contributed by atoms with Crippen molar-refractivity contribution in [1.29, 1.82) is 0 Å². The van der Waals surface area contributed by atoms with Crippen molar-refractivity contribution >= 4 is 0 Å². The molecular formula is C17H19NO. The normalized spacial score (nSPS) is 20.1. The Kier molecular flexibility index (Phi) is 2.83. The van der Waals surface area contributed by atoms with Gasteiger partial charge in [-0.15, -0.1) is 0 Å². The molecule has 0 amide bonds. The van der Waals surface area contributed by atoms with Crippen molar-refractivity contribution in [3.8, 4) is 11.5 Å². The molecule has 1 aliphatic rings. The number of fused-ring (bicyclic) bond motifs is 1. The van der Waals surface area contributed by atoms with Crippen LogP contribution < -0.4 is 10.5 Å². The van der Waals surface area contributed by atoms with Crippen molar-refractivity contribution in [1.82, 2.24) is 0 Å². The summed E-state index contributed by atoms with van der Waals surface area (Å²) in [6.45, 7) is 4.49. The number of rotatable bonds is 2. The van der Waals surface area contributed by atoms with Gasteiger partial charge in [-0.1, -0.05) is 38.1 Å². The van der Waals surface area contributed by atoms with Gasteiger partial charge in [-0.2, -0.15) is 0 Å². The van der Waals surface area contributed by atoms with Gasteiger partial charge in [0.15, 0.2) is 0 Å². The van der Waals surface area contributed by atoms with Crippen molar-refractivity contribution in [3.05, 3.63) is 59.7 Å². The van der Waals surface area contributed by atoms with E-state index in [-0.39, 0.29) is 11.5 Å². The van der Waals surface area contributed by atoms with Gasteiger partial charge in [0.1, 0.15) is 11.5 Å². The molecule has 1 atom stereocenters. The number of nitrogens with two attached hydrogens (primary N) is 1. The Balaban J connectivity index is 1.93. The Labute approximate surface area is 114 Å². The van der Waals surface area contributed by atoms with Crippen LogP contribution in [0.4, 0.5) is 0 Å². The zero-order chi connectivity index (χ0) is 13.5. The van der Waals surface area contributed by atoms with Gasteiger partial charge in [-0.3, -0.25) is 0 Å². The largest absolute Gasteiger partial charge is 0.457 e. The summed E-state index contributed by atoms with van der Waals surface area (Å²) < 4.78 is 5.86. The third-order valence-electron chi connectivity index (χ3n) is 3.86. The van der Waals surface area contributed by atoms with Crippen molar-refractivity contribution < 1.29 is 4.74 Å². The SMILES string of the molecule is CC1(C)CC(N)c2cc(Oc3ccccc3)ccc21. The zero-order valence-electron chi connectivity index (χ0n) is 11.4. The first-order valence-corrected chi connectivity index (χ1v) is 6.69. The highest BCUT2D eigenvalue weighted by Gasteiger charge is 2.35. The van der Waals surface area contributed by atoms with Crippen LogP contribution in [0.25, 0.3) is 0 Å². The van der Waals surface area contributed by atoms with Crippen LogP contribution in [0.3, 0.4) is 0 Å². The zero-order valence-corrected chi connectivity index (χ0v) is 11.4. The quantitative estimate of drug-likeness (QED) is 0.872. The minimum absolute atomic E-state index is 0.115. The van der Waals surface area contributed by atoms with E-state index in [1.165, 1.54) is 11.1 Å². The Morgan fingerprint density at radius 3 is 2.53 bits per heavy atom. The highest BCUT2D eigenvalue weighted by molar-refractivity contribution is 5.46. The minimum atomic E-state index is 0.115. The third-order valence-corrected chi connectivity index (χ3v) is 3.86. The lowest BCUT2D eigenvalue weighted by Gasteiger charge is -2.18. The molecule has 3 rings (SSSR count). The maximum atomic E-state index is 6.23. The van der Waals surface area contributed by atoms with Crippen LogP contribution in [-0.2, 0) is 5.41 Å². The summed E-state index contributed by atoms with van der Waals surface area (Å²) in [6.07, 6.45) is 0.997. The molecule has 1 aliphatic carbocycles. The Bertz CT molecular complexity index is 589. The van der Waals surface area contributed by atoms with Crippen LogP contribution in [0.1, 0.15) is 37.4 Å². The number of benzene rings is 2. The van der Waals surface area contributed by atoms with E-state index >= 15 is 0 Å². The van der Waals surface area contributed by atoms with Crippen molar-refractivity contribution in [2.45, 2.75) is 31.7 Å². The summed E-state index contributed by atoms with van der Waals surface area (Å²) in [4.78, 5) is 0. The molecule has 0 heterocycles. The third kappa shape index (κ3) is 2.24. The van der Waals surface area contributed by atoms with Gasteiger partial charge in [0.25, 0.3) is 0 Å². The lowest BCUT2D eigenvalue weighted by molar-refractivity contribution is 0.481. The van der Waals surface area contributed by atoms with E-state index in [9.17, 15) is 0 Å². The molecule has 98 valence electrons. The highest BCUT2D eigenvalue weighted by Crippen LogP contribution is 2.44. The fourth-order valence-corrected chi connectivity index (χ4v) is 2.92. The van der Waals surface area contributed by atoms with Gasteiger partial charge in [-0.25, -0.2) is 0 Å². The van der Waals surface area contributed by atoms with Crippen molar-refractivity contribution in [3.63, 3.8) is 0 Å². The first-order chi connectivity index (χ1) is 9.06. The Hall–Kier alpha value is -1.80. The van der Waals surface area contributed by atoms with Crippen molar-refractivity contribution in [2.24, 2.45) is 5.73 Å². The van der Waals surface area contributed by atoms with Crippen LogP contribution >= 0.6 is 0 Å². The summed E-state index contributed by atoms with van der Waals surface area (Å²) in [7, 11) is 0. The number of hydrogen-bond donors (Lipinski definition) is 1. The molecule has 2 N–H and O–H groups in total. The molecule has 2 heteroatoms. The first kappa shape index (κ1) is 12.2. The predicted octanol–water partition coefficient (Wildman–Crippen LogP) is 4.16. The van der Waals surface area contributed by atoms with E-state index in [2.05, 4.69) is 26.0 Å². The second-order valence-electron chi connectivity index (χ2n) is 5.86. The number of ether oxygens (including phenoxy) is 1. The van der Waals surface area contributed by atoms with E-state index < -0.39 is 0 Å². The molecule has 0 aromatic heterocycles. The van der Waals surface area contributed by atoms with Gasteiger partial charge in [0.2, 0.25) is 0 Å². The van der Waals surface area contributed by atoms with E-state index in [1.807, 2.05) is 36.4 Å². The lowest BCUT2D eigenvalue weighted by atomic mass is 9.86. The molecule has 0 radical (unpaired) electrons. The fourth-order valence-electron chi connectivity index (χ4n) is 2.92. The topological polar surface area (TPSA) is 35.2 Å². The molecule has 2 nitrogen and oxygen atoms in total. The monoisotopic (exact) mass is 253 g/mol. The van der Waals surface area contributed by atoms with E-state index in [4.69, 9.17) is 10.5 Å². The van der Waals surface area contributed by atoms with Crippen LogP contribution in [0.15, 0.2) is 48.5 Å². The maximum absolute atomic E-state index is 6.23. The Morgan fingerprint density at radius 1 is 1.05 bits per heavy atom. The standard InChI is InChI=1S/C17H19NO/c1-17(2)11-16(18)14-10-13(8-9-15(14)17)19-12-6-4-3-5-7-12/h3-10,16H,11,18H2,1-2H3. The molecule has 0 bridgehead atoms. The molecule has 19 heavy (non-hydrogen) atoms. The molecule has 0 saturated heterocycles. The lowest BCUT2D eigenvalue weighted by Crippen LogP contribution is -2.14. The molecular weight excluding hydrogens is 234 g/mol. The summed E-state index contributed by atoms with van der Waals surface area (Å²) in [5, 5.41) is 0. The average molecular weight is 253 g/mol. The van der Waals surface area contributed by atoms with E-state index in [0.717, 1.165) is 17.9 Å². The molecule has 1 unspecified atom stereocenters. The molecule has 2 aromatic carbocycles. The second kappa shape index (κ2) is 4.39. The first-order valence-electron chi connectivity index (χ1n) is 6.69. The van der Waals surface area contributed by atoms with Gasteiger partial charge >= 0.3 is 0 Å². The molecule has 0 saturated carbocycles. The molecule has 0 aliphatic heterocycles. The fraction of sp³-hybridized carbons (Fsp3) is 0.294. The summed E-state index contributed by atoms with van der Waals surface area (Å²) in [5.74, 6) is 1.71. The van der Waals surface area contributed by atoms with Gasteiger partial charge in [0.05, 0.1) is 0 Å². The highest BCUT2D eigenvalue weighted by atomic mass is 16.5. The summed E-state index contributed by atoms with van der Waals surface area (Å²) in [6, 6.07) is 16.2. The maximum Gasteiger partial charge on any atom is 0.127 e. The van der Waals surface area contributed by atoms with Crippen LogP contribution in [0.2, 0.25) is 0 Å². The average Bonchev–Trinajstić information content (AvgIpc) is 2.61. The van der Waals surface area contributed by atoms with Gasteiger partial charge in [-0.05, 0) is 47.2 Å². The summed E-state index contributed by atoms with van der Waals surface area (Å²) >= 11 is 0. The van der Waals surface area contributed by atoms with Gasteiger partial charge in [0, 0.05) is 6.04 Å². The Morgan fingerprint density at radius 2 is 1.79 bits per heavy atom. The van der Waals surface area contributed by atoms with Crippen molar-refractivity contribution in [2.75, 3.05) is 0 Å². The molecule has 2 aromatic rings. The van der Waals surface area contributed by atoms with E-state index in [0.29, 0.717) is 0 Å². The second-order valence-corrected chi connectivity index (χ2v) is 5.86. The van der Waals surface area contributed by atoms with Crippen LogP contribution in [0, 0.1) is 0 Å². The van der Waals surface area contributed by atoms with Crippen LogP contribution in [-0.4, -0.2) is 0 Å². The number of hydrogen-bond acceptors (Lipinski definition) is 2. The van der Waals surface area contributed by atoms with Crippen LogP contribution in [0.5, 0.6) is 11.5 Å². The smallest absolute Gasteiger partial charge is 0.127 e. The predicted molar refractivity (Wildman–Crippen MR) is 77.5 cm³/mol. The minimum Gasteiger partial charge on any atom is -0.457 e. The molecule has 0 spiro atoms.